The van der Waals surface area contributed by atoms with Crippen molar-refractivity contribution < 1.29 is 19.4 Å². The summed E-state index contributed by atoms with van der Waals surface area (Å²) in [6.07, 6.45) is -0.518. The second-order valence-corrected chi connectivity index (χ2v) is 11.3. The van der Waals surface area contributed by atoms with E-state index in [1.807, 2.05) is 31.2 Å². The number of hydrogen-bond acceptors (Lipinski definition) is 7. The van der Waals surface area contributed by atoms with Gasteiger partial charge in [0.1, 0.15) is 5.82 Å². The Balaban J connectivity index is 1.89. The number of anilines is 2. The van der Waals surface area contributed by atoms with E-state index in [1.54, 1.807) is 0 Å². The van der Waals surface area contributed by atoms with Crippen LogP contribution in [-0.2, 0) is 4.74 Å². The summed E-state index contributed by atoms with van der Waals surface area (Å²) in [5, 5.41) is 15.7. The lowest BCUT2D eigenvalue weighted by atomic mass is 9.72. The molecule has 2 aromatic rings. The van der Waals surface area contributed by atoms with Crippen molar-refractivity contribution >= 4 is 23.6 Å². The summed E-state index contributed by atoms with van der Waals surface area (Å²) in [5.41, 5.74) is 8.91. The number of hydrogen-bond donors (Lipinski definition) is 4. The van der Waals surface area contributed by atoms with E-state index in [9.17, 15) is 14.7 Å². The van der Waals surface area contributed by atoms with Crippen LogP contribution in [0.15, 0.2) is 24.3 Å². The van der Waals surface area contributed by atoms with Crippen LogP contribution >= 0.6 is 0 Å². The number of ether oxygens (including phenoxy) is 1. The van der Waals surface area contributed by atoms with Crippen LogP contribution in [0.3, 0.4) is 0 Å². The van der Waals surface area contributed by atoms with Crippen LogP contribution in [0.4, 0.5) is 21.1 Å². The maximum atomic E-state index is 12.5. The molecule has 3 atom stereocenters. The highest BCUT2D eigenvalue weighted by atomic mass is 16.5. The number of nitrogens with one attached hydrogen (secondary N) is 2. The standard InChI is InChI=1S/C28H41N7O4/c1-6-30-26(36)31-19-9-7-18(8-10-19)24-32-23-21(11-12-29)35(27(37)38)15-20(28(3,4)5)22(23)25(33-24)34-13-14-39-16-17(34)2/h7-10,17,20-21H,6,11-16,29H2,1-5H3,(H,37,38)(H2,30,31,36)/t17-,20?,21?/m0/s1. The van der Waals surface area contributed by atoms with Gasteiger partial charge in [-0.1, -0.05) is 20.8 Å². The van der Waals surface area contributed by atoms with Gasteiger partial charge in [-0.15, -0.1) is 0 Å². The van der Waals surface area contributed by atoms with Gasteiger partial charge in [-0.05, 0) is 56.5 Å². The minimum absolute atomic E-state index is 0.0975. The van der Waals surface area contributed by atoms with Gasteiger partial charge in [0.25, 0.3) is 0 Å². The molecule has 1 aromatic carbocycles. The second-order valence-electron chi connectivity index (χ2n) is 11.3. The Morgan fingerprint density at radius 3 is 2.51 bits per heavy atom. The van der Waals surface area contributed by atoms with Gasteiger partial charge >= 0.3 is 12.1 Å². The molecule has 0 radical (unpaired) electrons. The highest BCUT2D eigenvalue weighted by Gasteiger charge is 2.44. The summed E-state index contributed by atoms with van der Waals surface area (Å²) in [4.78, 5) is 38.4. The van der Waals surface area contributed by atoms with Crippen LogP contribution in [0.25, 0.3) is 11.4 Å². The second kappa shape index (κ2) is 11.7. The Kier molecular flexibility index (Phi) is 8.60. The van der Waals surface area contributed by atoms with Crippen molar-refractivity contribution in [2.45, 2.75) is 59.0 Å². The molecule has 2 unspecified atom stereocenters. The predicted octanol–water partition coefficient (Wildman–Crippen LogP) is 4.02. The number of carboxylic acid groups (broad SMARTS) is 1. The minimum atomic E-state index is -0.976. The molecule has 5 N–H and O–H groups in total. The number of nitrogens with two attached hydrogens (primary N) is 1. The minimum Gasteiger partial charge on any atom is -0.465 e. The van der Waals surface area contributed by atoms with Crippen molar-refractivity contribution in [3.63, 3.8) is 0 Å². The van der Waals surface area contributed by atoms with Gasteiger partial charge in [0.15, 0.2) is 5.82 Å². The Labute approximate surface area is 230 Å². The number of nitrogens with zero attached hydrogens (tertiary/aromatic N) is 4. The van der Waals surface area contributed by atoms with Gasteiger partial charge in [0.2, 0.25) is 0 Å². The highest BCUT2D eigenvalue weighted by Crippen LogP contribution is 2.49. The lowest BCUT2D eigenvalue weighted by Crippen LogP contribution is -2.49. The van der Waals surface area contributed by atoms with Crippen molar-refractivity contribution in [3.05, 3.63) is 35.5 Å². The van der Waals surface area contributed by atoms with Crippen molar-refractivity contribution in [3.8, 4) is 11.4 Å². The zero-order valence-electron chi connectivity index (χ0n) is 23.5. The Bertz CT molecular complexity index is 1180. The van der Waals surface area contributed by atoms with Crippen LogP contribution in [0.2, 0.25) is 0 Å². The van der Waals surface area contributed by atoms with Crippen LogP contribution in [0.1, 0.15) is 64.3 Å². The predicted molar refractivity (Wildman–Crippen MR) is 151 cm³/mol. The number of morpholine rings is 1. The molecule has 0 spiro atoms. The fraction of sp³-hybridized carbons (Fsp3) is 0.571. The topological polar surface area (TPSA) is 146 Å². The van der Waals surface area contributed by atoms with E-state index in [1.165, 1.54) is 4.90 Å². The maximum absolute atomic E-state index is 12.5. The van der Waals surface area contributed by atoms with E-state index in [0.717, 1.165) is 22.6 Å². The van der Waals surface area contributed by atoms with E-state index < -0.39 is 12.1 Å². The fourth-order valence-corrected chi connectivity index (χ4v) is 5.42. The molecule has 2 aliphatic heterocycles. The summed E-state index contributed by atoms with van der Waals surface area (Å²) in [7, 11) is 0. The van der Waals surface area contributed by atoms with E-state index >= 15 is 0 Å². The molecule has 3 heterocycles. The third-order valence-electron chi connectivity index (χ3n) is 7.48. The van der Waals surface area contributed by atoms with Crippen molar-refractivity contribution in [1.29, 1.82) is 0 Å². The number of carbonyl (C=O) groups is 2. The quantitative estimate of drug-likeness (QED) is 0.431. The summed E-state index contributed by atoms with van der Waals surface area (Å²) in [6.45, 7) is 13.4. The van der Waals surface area contributed by atoms with E-state index in [-0.39, 0.29) is 23.4 Å². The number of fused-ring (bicyclic) bond motifs is 1. The molecule has 11 nitrogen and oxygen atoms in total. The fourth-order valence-electron chi connectivity index (χ4n) is 5.42. The molecule has 1 aromatic heterocycles. The number of aromatic nitrogens is 2. The van der Waals surface area contributed by atoms with Crippen LogP contribution in [-0.4, -0.2) is 77.5 Å². The lowest BCUT2D eigenvalue weighted by Gasteiger charge is -2.46. The number of rotatable bonds is 6. The summed E-state index contributed by atoms with van der Waals surface area (Å²) in [6, 6.07) is 6.70. The van der Waals surface area contributed by atoms with Crippen molar-refractivity contribution in [2.75, 3.05) is 49.6 Å². The smallest absolute Gasteiger partial charge is 0.407 e. The molecule has 1 fully saturated rings. The highest BCUT2D eigenvalue weighted by molar-refractivity contribution is 5.89. The molecule has 0 saturated carbocycles. The molecule has 0 bridgehead atoms. The van der Waals surface area contributed by atoms with Crippen LogP contribution in [0.5, 0.6) is 0 Å². The maximum Gasteiger partial charge on any atom is 0.407 e. The van der Waals surface area contributed by atoms with Crippen LogP contribution < -0.4 is 21.3 Å². The third kappa shape index (κ3) is 6.09. The van der Waals surface area contributed by atoms with Gasteiger partial charge in [-0.3, -0.25) is 4.90 Å². The third-order valence-corrected chi connectivity index (χ3v) is 7.48. The normalized spacial score (nSPS) is 21.3. The molecular weight excluding hydrogens is 498 g/mol. The molecular formula is C28H41N7O4. The molecule has 0 aliphatic carbocycles. The first-order valence-electron chi connectivity index (χ1n) is 13.7. The largest absolute Gasteiger partial charge is 0.465 e. The summed E-state index contributed by atoms with van der Waals surface area (Å²) in [5.74, 6) is 1.23. The lowest BCUT2D eigenvalue weighted by molar-refractivity contribution is 0.0918. The van der Waals surface area contributed by atoms with Gasteiger partial charge in [-0.2, -0.15) is 0 Å². The van der Waals surface area contributed by atoms with Crippen molar-refractivity contribution in [2.24, 2.45) is 11.1 Å². The van der Waals surface area contributed by atoms with E-state index in [2.05, 4.69) is 43.2 Å². The Morgan fingerprint density at radius 2 is 1.92 bits per heavy atom. The van der Waals surface area contributed by atoms with E-state index in [0.29, 0.717) is 57.3 Å². The van der Waals surface area contributed by atoms with Gasteiger partial charge in [0.05, 0.1) is 31.0 Å². The molecule has 39 heavy (non-hydrogen) atoms. The number of carbonyl (C=O) groups excluding carboxylic acids is 1. The first kappa shape index (κ1) is 28.6. The molecule has 1 saturated heterocycles. The van der Waals surface area contributed by atoms with Gasteiger partial charge in [-0.25, -0.2) is 19.6 Å². The van der Waals surface area contributed by atoms with Gasteiger partial charge < -0.3 is 31.1 Å². The average Bonchev–Trinajstić information content (AvgIpc) is 2.88. The molecule has 11 heteroatoms. The first-order chi connectivity index (χ1) is 18.5. The molecule has 212 valence electrons. The molecule has 2 aliphatic rings. The van der Waals surface area contributed by atoms with E-state index in [4.69, 9.17) is 20.4 Å². The zero-order chi connectivity index (χ0) is 28.3. The number of urea groups is 1. The Morgan fingerprint density at radius 1 is 1.21 bits per heavy atom. The zero-order valence-corrected chi connectivity index (χ0v) is 23.5. The van der Waals surface area contributed by atoms with Crippen molar-refractivity contribution in [1.82, 2.24) is 20.2 Å². The monoisotopic (exact) mass is 539 g/mol. The average molecular weight is 540 g/mol. The number of benzene rings is 1. The molecule has 4 rings (SSSR count). The van der Waals surface area contributed by atoms with Gasteiger partial charge in [0, 0.05) is 42.4 Å². The summed E-state index contributed by atoms with van der Waals surface area (Å²) < 4.78 is 5.73. The Hall–Kier alpha value is -3.44. The first-order valence-corrected chi connectivity index (χ1v) is 13.7. The summed E-state index contributed by atoms with van der Waals surface area (Å²) >= 11 is 0. The SMILES string of the molecule is CCNC(=O)Nc1ccc(-c2nc3c(c(N4CCOC[C@@H]4C)n2)C(C(C)(C)C)CN(C(=O)O)C3CCN)cc1. The van der Waals surface area contributed by atoms with Crippen LogP contribution in [0, 0.1) is 5.41 Å². The number of amides is 3. The molecule has 3 amide bonds.